The Morgan fingerprint density at radius 3 is 1.21 bits per heavy atom. The first-order valence-electron chi connectivity index (χ1n) is 16.4. The van der Waals surface area contributed by atoms with Gasteiger partial charge in [0.25, 0.3) is 52.3 Å². The Labute approximate surface area is 377 Å². The predicted molar refractivity (Wildman–Crippen MR) is 220 cm³/mol. The van der Waals surface area contributed by atoms with E-state index in [4.69, 9.17) is 41.4 Å². The van der Waals surface area contributed by atoms with Crippen LogP contribution in [0, 0.1) is 0 Å². The van der Waals surface area contributed by atoms with Crippen LogP contribution in [0.4, 0.5) is 11.4 Å². The molecule has 0 spiro atoms. The summed E-state index contributed by atoms with van der Waals surface area (Å²) in [5.41, 5.74) is 4.29. The molecule has 334 valence electrons. The molecular formula is C32H26Cl2CrN8O16S4. The number of anilines is 2. The number of halogens is 2. The maximum Gasteiger partial charge on any atom is 0.298 e. The van der Waals surface area contributed by atoms with Gasteiger partial charge in [-0.1, -0.05) is 35.3 Å². The molecule has 2 aliphatic carbocycles. The van der Waals surface area contributed by atoms with Gasteiger partial charge in [0.05, 0.1) is 32.6 Å². The standard InChI is InChI=1S/2C16H13ClN4O8S2.Cr/c2*1-8-14(19-18-12-5-9(17)6-13(15(12)22)31(27,28)29)16(23)21(20-8)10-3-2-4-11(7-10)30(24,25)26;/h2*2-7,14,19H,1H3,(H,24,25,26)(H,27,28,29);/b2*18-12+;. The van der Waals surface area contributed by atoms with Crippen molar-refractivity contribution in [3.63, 3.8) is 0 Å². The van der Waals surface area contributed by atoms with E-state index < -0.39 is 107 Å². The summed E-state index contributed by atoms with van der Waals surface area (Å²) >= 11 is 11.5. The maximum absolute atomic E-state index is 12.7. The van der Waals surface area contributed by atoms with Gasteiger partial charge in [0.15, 0.2) is 12.1 Å². The summed E-state index contributed by atoms with van der Waals surface area (Å²) < 4.78 is 127. The molecule has 0 bridgehead atoms. The van der Waals surface area contributed by atoms with Gasteiger partial charge in [-0.25, -0.2) is 0 Å². The van der Waals surface area contributed by atoms with Gasteiger partial charge in [-0.2, -0.15) is 64.1 Å². The number of hydrazone groups is 4. The van der Waals surface area contributed by atoms with E-state index in [-0.39, 0.29) is 50.2 Å². The molecule has 6 N–H and O–H groups in total. The maximum atomic E-state index is 12.7. The van der Waals surface area contributed by atoms with Crippen LogP contribution in [-0.4, -0.2) is 110 Å². The summed E-state index contributed by atoms with van der Waals surface area (Å²) in [4.78, 5) is 47.0. The molecule has 2 atom stereocenters. The largest absolute Gasteiger partial charge is 0.298 e. The number of carbonyl (C=O) groups is 4. The van der Waals surface area contributed by atoms with Gasteiger partial charge in [-0.3, -0.25) is 48.2 Å². The third kappa shape index (κ3) is 11.7. The molecule has 2 unspecified atom stereocenters. The van der Waals surface area contributed by atoms with Crippen LogP contribution in [0.3, 0.4) is 0 Å². The summed E-state index contributed by atoms with van der Waals surface area (Å²) in [7, 11) is -18.7. The molecular weight excluding hydrogens is 1000 g/mol. The SMILES string of the molecule is CC1=NN(c2cccc(S(=O)(=O)O)c2)C(=O)C1N/N=C1\C=C(Cl)C=C(S(=O)(=O)O)C1=O.CC1=NN(c2cccc(S(=O)(=O)O)c2)C(=O)C1N/N=C1\C=C(Cl)C=C(S(=O)(=O)O)C1=O.[Cr]. The fourth-order valence-electron chi connectivity index (χ4n) is 5.28. The van der Waals surface area contributed by atoms with Crippen LogP contribution in [0.25, 0.3) is 0 Å². The molecule has 63 heavy (non-hydrogen) atoms. The minimum Gasteiger partial charge on any atom is -0.291 e. The molecule has 2 aromatic carbocycles. The number of carbonyl (C=O) groups excluding carboxylic acids is 4. The van der Waals surface area contributed by atoms with Gasteiger partial charge in [0.1, 0.15) is 21.2 Å². The fraction of sp³-hybridized carbons (Fsp3) is 0.125. The third-order valence-corrected chi connectivity index (χ3v) is 12.0. The van der Waals surface area contributed by atoms with Gasteiger partial charge in [0, 0.05) is 27.4 Å². The number of Topliss-reactive ketones (excluding diaryl/α,β-unsaturated/α-hetero) is 2. The number of allylic oxidation sites excluding steroid dienone is 8. The topological polar surface area (TPSA) is 366 Å². The van der Waals surface area contributed by atoms with E-state index in [1.165, 1.54) is 38.1 Å². The Morgan fingerprint density at radius 1 is 0.571 bits per heavy atom. The van der Waals surface area contributed by atoms with Crippen molar-refractivity contribution in [2.45, 2.75) is 35.7 Å². The zero-order chi connectivity index (χ0) is 46.3. The first-order valence-corrected chi connectivity index (χ1v) is 22.9. The van der Waals surface area contributed by atoms with Crippen LogP contribution in [-0.2, 0) is 77.0 Å². The molecule has 2 aromatic rings. The van der Waals surface area contributed by atoms with Crippen LogP contribution in [0.2, 0.25) is 0 Å². The molecule has 2 aliphatic heterocycles. The molecule has 0 saturated heterocycles. The van der Waals surface area contributed by atoms with Crippen molar-refractivity contribution >= 4 is 121 Å². The number of amides is 2. The van der Waals surface area contributed by atoms with Crippen molar-refractivity contribution in [2.75, 3.05) is 10.0 Å². The number of nitrogens with zero attached hydrogens (tertiary/aromatic N) is 6. The minimum absolute atomic E-state index is 0. The summed E-state index contributed by atoms with van der Waals surface area (Å²) in [5.74, 6) is -3.68. The molecule has 24 nitrogen and oxygen atoms in total. The van der Waals surface area contributed by atoms with Crippen molar-refractivity contribution in [3.8, 4) is 0 Å². The van der Waals surface area contributed by atoms with Gasteiger partial charge in [-0.15, -0.1) is 0 Å². The molecule has 4 aliphatic rings. The average Bonchev–Trinajstić information content (AvgIpc) is 3.62. The van der Waals surface area contributed by atoms with E-state index in [1.54, 1.807) is 0 Å². The van der Waals surface area contributed by atoms with E-state index in [2.05, 4.69) is 31.3 Å². The molecule has 2 amide bonds. The average molecular weight is 1030 g/mol. The Bertz CT molecular complexity index is 2870. The van der Waals surface area contributed by atoms with Crippen LogP contribution in [0.15, 0.2) is 123 Å². The molecule has 0 aromatic heterocycles. The Kier molecular flexibility index (Phi) is 15.0. The third-order valence-electron chi connectivity index (χ3n) is 8.17. The van der Waals surface area contributed by atoms with E-state index in [0.29, 0.717) is 0 Å². The normalized spacial score (nSPS) is 20.8. The van der Waals surface area contributed by atoms with Gasteiger partial charge in [-0.05, 0) is 74.5 Å². The molecule has 0 fully saturated rings. The van der Waals surface area contributed by atoms with Crippen molar-refractivity contribution < 1.29 is 88.4 Å². The zero-order valence-corrected chi connectivity index (χ0v) is 37.3. The van der Waals surface area contributed by atoms with Gasteiger partial charge >= 0.3 is 0 Å². The Morgan fingerprint density at radius 2 is 0.905 bits per heavy atom. The summed E-state index contributed by atoms with van der Waals surface area (Å²) in [6, 6.07) is 7.34. The van der Waals surface area contributed by atoms with Crippen molar-refractivity contribution in [2.24, 2.45) is 20.4 Å². The molecule has 0 radical (unpaired) electrons. The Balaban J connectivity index is 0.000000272. The fourth-order valence-corrected chi connectivity index (χ4v) is 8.10. The number of nitrogens with one attached hydrogen (secondary N) is 2. The number of hydrogen-bond donors (Lipinski definition) is 6. The van der Waals surface area contributed by atoms with Crippen LogP contribution in [0.1, 0.15) is 13.8 Å². The van der Waals surface area contributed by atoms with E-state index in [0.717, 1.165) is 58.6 Å². The smallest absolute Gasteiger partial charge is 0.291 e. The predicted octanol–water partition coefficient (Wildman–Crippen LogP) is 0.892. The molecule has 0 saturated carbocycles. The second kappa shape index (κ2) is 18.8. The van der Waals surface area contributed by atoms with Crippen molar-refractivity contribution in [3.05, 3.63) is 92.7 Å². The summed E-state index contributed by atoms with van der Waals surface area (Å²) in [6.07, 6.45) is 3.58. The number of ketones is 2. The molecule has 31 heteroatoms. The molecule has 6 rings (SSSR count). The Hall–Kier alpha value is -5.29. The van der Waals surface area contributed by atoms with Crippen LogP contribution >= 0.6 is 23.2 Å². The minimum atomic E-state index is -4.85. The van der Waals surface area contributed by atoms with Gasteiger partial charge in [0.2, 0.25) is 11.6 Å². The van der Waals surface area contributed by atoms with Crippen molar-refractivity contribution in [1.29, 1.82) is 0 Å². The first kappa shape index (κ1) is 50.4. The quantitative estimate of drug-likeness (QED) is 0.109. The van der Waals surface area contributed by atoms with E-state index in [1.807, 2.05) is 0 Å². The van der Waals surface area contributed by atoms with Crippen LogP contribution < -0.4 is 20.9 Å². The van der Waals surface area contributed by atoms with Crippen LogP contribution in [0.5, 0.6) is 0 Å². The van der Waals surface area contributed by atoms with Gasteiger partial charge < -0.3 is 0 Å². The zero-order valence-electron chi connectivity index (χ0n) is 31.3. The second-order valence-electron chi connectivity index (χ2n) is 12.5. The van der Waals surface area contributed by atoms with Crippen molar-refractivity contribution in [1.82, 2.24) is 10.9 Å². The number of rotatable bonds is 10. The monoisotopic (exact) mass is 1030 g/mol. The number of benzene rings is 2. The van der Waals surface area contributed by atoms with E-state index in [9.17, 15) is 52.8 Å². The second-order valence-corrected chi connectivity index (χ2v) is 19.0. The summed E-state index contributed by atoms with van der Waals surface area (Å²) in [6.45, 7) is 2.91. The summed E-state index contributed by atoms with van der Waals surface area (Å²) in [5, 5.41) is 16.8. The van der Waals surface area contributed by atoms with E-state index >= 15 is 0 Å². The first-order chi connectivity index (χ1) is 28.6. The molecule has 2 heterocycles. The number of hydrogen-bond acceptors (Lipinski definition) is 18.